The zero-order valence-corrected chi connectivity index (χ0v) is 20.1. The number of benzene rings is 1. The van der Waals surface area contributed by atoms with Gasteiger partial charge in [0.1, 0.15) is 17.3 Å². The molecule has 0 bridgehead atoms. The summed E-state index contributed by atoms with van der Waals surface area (Å²) >= 11 is 0. The smallest absolute Gasteiger partial charge is 0.295 e. The summed E-state index contributed by atoms with van der Waals surface area (Å²) in [7, 11) is 3.92. The van der Waals surface area contributed by atoms with Gasteiger partial charge in [0.15, 0.2) is 0 Å². The zero-order chi connectivity index (χ0) is 24.3. The number of hydrogen-bond donors (Lipinski definition) is 1. The monoisotopic (exact) mass is 452 g/mol. The standard InChI is InChI=1S/C25H32N4O4/c1-15(2)33-19-10-8-18(9-11-19)22-21(23(30)20-14-26-17(4)27-16(20)3)24(31)25(32)29(22)13-7-12-28(5)6/h8-11,14-15,22,30H,7,12-13H2,1-6H3/t22-/m0/s1. The van der Waals surface area contributed by atoms with Crippen molar-refractivity contribution in [2.75, 3.05) is 27.2 Å². The van der Waals surface area contributed by atoms with Crippen molar-refractivity contribution in [3.63, 3.8) is 0 Å². The van der Waals surface area contributed by atoms with E-state index in [1.165, 1.54) is 6.20 Å². The summed E-state index contributed by atoms with van der Waals surface area (Å²) in [6, 6.07) is 6.59. The molecule has 1 aliphatic rings. The Morgan fingerprint density at radius 3 is 2.42 bits per heavy atom. The molecule has 0 spiro atoms. The van der Waals surface area contributed by atoms with Crippen molar-refractivity contribution in [1.82, 2.24) is 19.8 Å². The summed E-state index contributed by atoms with van der Waals surface area (Å²) < 4.78 is 5.73. The van der Waals surface area contributed by atoms with E-state index in [1.54, 1.807) is 18.7 Å². The number of rotatable bonds is 8. The molecule has 176 valence electrons. The molecule has 0 unspecified atom stereocenters. The fourth-order valence-electron chi connectivity index (χ4n) is 3.98. The highest BCUT2D eigenvalue weighted by Gasteiger charge is 2.46. The number of carbonyl (C=O) groups excluding carboxylic acids is 2. The van der Waals surface area contributed by atoms with Gasteiger partial charge < -0.3 is 19.6 Å². The van der Waals surface area contributed by atoms with Gasteiger partial charge in [-0.3, -0.25) is 9.59 Å². The highest BCUT2D eigenvalue weighted by atomic mass is 16.5. The van der Waals surface area contributed by atoms with Crippen molar-refractivity contribution in [1.29, 1.82) is 0 Å². The molecule has 1 fully saturated rings. The van der Waals surface area contributed by atoms with Gasteiger partial charge >= 0.3 is 0 Å². The van der Waals surface area contributed by atoms with E-state index in [1.807, 2.05) is 57.1 Å². The van der Waals surface area contributed by atoms with Gasteiger partial charge in [0.2, 0.25) is 0 Å². The third-order valence-corrected chi connectivity index (χ3v) is 5.47. The van der Waals surface area contributed by atoms with Crippen molar-refractivity contribution in [2.24, 2.45) is 0 Å². The van der Waals surface area contributed by atoms with Gasteiger partial charge in [0.25, 0.3) is 11.7 Å². The van der Waals surface area contributed by atoms with E-state index in [0.717, 1.165) is 12.1 Å². The van der Waals surface area contributed by atoms with Crippen molar-refractivity contribution in [3.8, 4) is 5.75 Å². The molecule has 1 amide bonds. The molecule has 1 aliphatic heterocycles. The lowest BCUT2D eigenvalue weighted by Crippen LogP contribution is -2.32. The van der Waals surface area contributed by atoms with Crippen molar-refractivity contribution in [3.05, 3.63) is 58.7 Å². The van der Waals surface area contributed by atoms with Crippen LogP contribution in [0.2, 0.25) is 0 Å². The molecule has 2 heterocycles. The Morgan fingerprint density at radius 2 is 1.85 bits per heavy atom. The lowest BCUT2D eigenvalue weighted by Gasteiger charge is -2.26. The van der Waals surface area contributed by atoms with E-state index in [4.69, 9.17) is 4.74 Å². The number of aryl methyl sites for hydroxylation is 2. The first-order chi connectivity index (χ1) is 15.6. The molecule has 0 saturated carbocycles. The van der Waals surface area contributed by atoms with E-state index in [0.29, 0.717) is 35.8 Å². The fraction of sp³-hybridized carbons (Fsp3) is 0.440. The molecule has 33 heavy (non-hydrogen) atoms. The Labute approximate surface area is 194 Å². The number of aliphatic hydroxyl groups is 1. The Morgan fingerprint density at radius 1 is 1.18 bits per heavy atom. The van der Waals surface area contributed by atoms with Crippen LogP contribution in [0.15, 0.2) is 36.0 Å². The number of aromatic nitrogens is 2. The molecule has 0 aliphatic carbocycles. The van der Waals surface area contributed by atoms with Gasteiger partial charge in [-0.25, -0.2) is 9.97 Å². The van der Waals surface area contributed by atoms with Gasteiger partial charge in [-0.15, -0.1) is 0 Å². The maximum atomic E-state index is 13.1. The summed E-state index contributed by atoms with van der Waals surface area (Å²) in [5, 5.41) is 11.2. The molecule has 3 rings (SSSR count). The van der Waals surface area contributed by atoms with E-state index < -0.39 is 17.7 Å². The van der Waals surface area contributed by atoms with Crippen LogP contribution in [0.4, 0.5) is 0 Å². The molecule has 8 heteroatoms. The van der Waals surface area contributed by atoms with Crippen LogP contribution in [0.5, 0.6) is 5.75 Å². The molecule has 2 aromatic rings. The van der Waals surface area contributed by atoms with E-state index in [2.05, 4.69) is 9.97 Å². The second-order valence-corrected chi connectivity index (χ2v) is 8.80. The quantitative estimate of drug-likeness (QED) is 0.373. The Kier molecular flexibility index (Phi) is 7.48. The molecule has 1 aromatic heterocycles. The molecule has 1 atom stereocenters. The number of Topliss-reactive ketones (excluding diaryl/α,β-unsaturated/α-hetero) is 1. The van der Waals surface area contributed by atoms with Crippen LogP contribution in [0.1, 0.15) is 49.0 Å². The van der Waals surface area contributed by atoms with Gasteiger partial charge in [0, 0.05) is 12.7 Å². The molecule has 1 N–H and O–H groups in total. The molecular weight excluding hydrogens is 420 g/mol. The minimum Gasteiger partial charge on any atom is -0.507 e. The third-order valence-electron chi connectivity index (χ3n) is 5.47. The van der Waals surface area contributed by atoms with Crippen LogP contribution < -0.4 is 4.74 Å². The first kappa shape index (κ1) is 24.4. The average molecular weight is 453 g/mol. The predicted molar refractivity (Wildman–Crippen MR) is 126 cm³/mol. The van der Waals surface area contributed by atoms with Crippen molar-refractivity contribution >= 4 is 17.4 Å². The summed E-state index contributed by atoms with van der Waals surface area (Å²) in [5.74, 6) is -0.321. The Balaban J connectivity index is 2.09. The molecule has 1 saturated heterocycles. The summed E-state index contributed by atoms with van der Waals surface area (Å²) in [6.45, 7) is 8.53. The highest BCUT2D eigenvalue weighted by Crippen LogP contribution is 2.40. The number of likely N-dealkylation sites (tertiary alicyclic amines) is 1. The lowest BCUT2D eigenvalue weighted by atomic mass is 9.95. The predicted octanol–water partition coefficient (Wildman–Crippen LogP) is 3.25. The Bertz CT molecular complexity index is 1060. The van der Waals surface area contributed by atoms with Gasteiger partial charge in [-0.2, -0.15) is 0 Å². The summed E-state index contributed by atoms with van der Waals surface area (Å²) in [5.41, 5.74) is 1.66. The fourth-order valence-corrected chi connectivity index (χ4v) is 3.98. The summed E-state index contributed by atoms with van der Waals surface area (Å²) in [4.78, 5) is 38.2. The van der Waals surface area contributed by atoms with E-state index in [9.17, 15) is 14.7 Å². The first-order valence-electron chi connectivity index (χ1n) is 11.1. The number of hydrogen-bond acceptors (Lipinski definition) is 7. The lowest BCUT2D eigenvalue weighted by molar-refractivity contribution is -0.139. The number of amides is 1. The number of ketones is 1. The van der Waals surface area contributed by atoms with Crippen molar-refractivity contribution < 1.29 is 19.4 Å². The third kappa shape index (κ3) is 5.39. The van der Waals surface area contributed by atoms with Crippen molar-refractivity contribution in [2.45, 2.75) is 46.3 Å². The van der Waals surface area contributed by atoms with Crippen LogP contribution in [0.25, 0.3) is 5.76 Å². The second-order valence-electron chi connectivity index (χ2n) is 8.80. The Hall–Kier alpha value is -3.26. The van der Waals surface area contributed by atoms with E-state index >= 15 is 0 Å². The minimum absolute atomic E-state index is 0.0250. The number of carbonyl (C=O) groups is 2. The number of ether oxygens (including phenoxy) is 1. The molecular formula is C25H32N4O4. The first-order valence-corrected chi connectivity index (χ1v) is 11.1. The normalized spacial score (nSPS) is 17.9. The SMILES string of the molecule is Cc1ncc(C(O)=C2C(=O)C(=O)N(CCCN(C)C)[C@H]2c2ccc(OC(C)C)cc2)c(C)n1. The summed E-state index contributed by atoms with van der Waals surface area (Å²) in [6.07, 6.45) is 2.21. The molecule has 1 aromatic carbocycles. The van der Waals surface area contributed by atoms with Crippen LogP contribution >= 0.6 is 0 Å². The van der Waals surface area contributed by atoms with Crippen LogP contribution in [0, 0.1) is 13.8 Å². The molecule has 0 radical (unpaired) electrons. The zero-order valence-electron chi connectivity index (χ0n) is 20.1. The topological polar surface area (TPSA) is 95.9 Å². The van der Waals surface area contributed by atoms with Crippen LogP contribution in [0.3, 0.4) is 0 Å². The minimum atomic E-state index is -0.707. The maximum Gasteiger partial charge on any atom is 0.295 e. The van der Waals surface area contributed by atoms with Gasteiger partial charge in [0.05, 0.1) is 29.0 Å². The largest absolute Gasteiger partial charge is 0.507 e. The number of aliphatic hydroxyl groups excluding tert-OH is 1. The van der Waals surface area contributed by atoms with Gasteiger partial charge in [-0.05, 0) is 72.5 Å². The average Bonchev–Trinajstić information content (AvgIpc) is 2.98. The van der Waals surface area contributed by atoms with Crippen LogP contribution in [-0.4, -0.2) is 69.9 Å². The van der Waals surface area contributed by atoms with Gasteiger partial charge in [-0.1, -0.05) is 12.1 Å². The second kappa shape index (κ2) is 10.1. The molecule has 8 nitrogen and oxygen atoms in total. The maximum absolute atomic E-state index is 13.1. The number of nitrogens with zero attached hydrogens (tertiary/aromatic N) is 4. The van der Waals surface area contributed by atoms with Crippen LogP contribution in [-0.2, 0) is 9.59 Å². The van der Waals surface area contributed by atoms with E-state index in [-0.39, 0.29) is 17.4 Å². The highest BCUT2D eigenvalue weighted by molar-refractivity contribution is 6.46.